The standard InChI is InChI=1S/C46H69N3O3/c1-31(2)35-16-21-46(47-24-25-48-26-28-49(29-27-48)41(51)32(3)4)23-22-44(8)37(40(35)46)14-15-39-43(7)19-17-36(33-10-12-34(13-11-33)52-30-50)42(5,6)38(43)18-20-45(39,44)9/h10-13,17,30,32,35,37-40,47H,1,14-16,18-29H2,2-9H3/t35-,37+,38-,39+,40+,43-,44+,45+,46-/m0/s1. The topological polar surface area (TPSA) is 61.9 Å². The minimum atomic E-state index is 0.0673. The fourth-order valence-corrected chi connectivity index (χ4v) is 14.3. The van der Waals surface area contributed by atoms with Crippen LogP contribution >= 0.6 is 0 Å². The van der Waals surface area contributed by atoms with Gasteiger partial charge in [-0.15, -0.1) is 0 Å². The third-order valence-electron chi connectivity index (χ3n) is 17.1. The molecule has 6 aliphatic rings. The summed E-state index contributed by atoms with van der Waals surface area (Å²) in [4.78, 5) is 28.1. The zero-order valence-electron chi connectivity index (χ0n) is 33.9. The molecule has 1 amide bonds. The van der Waals surface area contributed by atoms with Crippen LogP contribution in [-0.2, 0) is 9.59 Å². The summed E-state index contributed by atoms with van der Waals surface area (Å²) in [6, 6.07) is 8.16. The third-order valence-corrected chi connectivity index (χ3v) is 17.1. The van der Waals surface area contributed by atoms with Crippen LogP contribution in [-0.4, -0.2) is 67.0 Å². The lowest BCUT2D eigenvalue weighted by atomic mass is 9.33. The van der Waals surface area contributed by atoms with Crippen LogP contribution in [0.3, 0.4) is 0 Å². The number of allylic oxidation sites excluding steroid dienone is 3. The zero-order valence-corrected chi connectivity index (χ0v) is 33.9. The zero-order chi connectivity index (χ0) is 37.3. The fraction of sp³-hybridized carbons (Fsp3) is 0.739. The van der Waals surface area contributed by atoms with E-state index in [4.69, 9.17) is 4.74 Å². The van der Waals surface area contributed by atoms with Crippen molar-refractivity contribution in [2.45, 2.75) is 119 Å². The maximum absolute atomic E-state index is 12.6. The summed E-state index contributed by atoms with van der Waals surface area (Å²) in [5.74, 6) is 4.33. The summed E-state index contributed by atoms with van der Waals surface area (Å²) in [5.41, 5.74) is 5.32. The number of nitrogens with zero attached hydrogens (tertiary/aromatic N) is 2. The molecule has 4 saturated carbocycles. The number of fused-ring (bicyclic) bond motifs is 7. The Morgan fingerprint density at radius 3 is 2.29 bits per heavy atom. The van der Waals surface area contributed by atoms with Crippen molar-refractivity contribution in [3.8, 4) is 5.75 Å². The molecule has 1 N–H and O–H groups in total. The first-order valence-electron chi connectivity index (χ1n) is 20.9. The Bertz CT molecular complexity index is 1560. The van der Waals surface area contributed by atoms with Crippen molar-refractivity contribution in [3.63, 3.8) is 0 Å². The molecule has 1 aromatic carbocycles. The van der Waals surface area contributed by atoms with Gasteiger partial charge in [-0.2, -0.15) is 0 Å². The maximum atomic E-state index is 12.6. The normalized spacial score (nSPS) is 39.8. The van der Waals surface area contributed by atoms with Crippen LogP contribution in [0.1, 0.15) is 119 Å². The van der Waals surface area contributed by atoms with E-state index in [1.807, 2.05) is 26.0 Å². The molecule has 0 aromatic heterocycles. The maximum Gasteiger partial charge on any atom is 0.298 e. The number of rotatable bonds is 9. The summed E-state index contributed by atoms with van der Waals surface area (Å²) >= 11 is 0. The lowest BCUT2D eigenvalue weighted by molar-refractivity contribution is -0.219. The number of hydrogen-bond donors (Lipinski definition) is 1. The van der Waals surface area contributed by atoms with Gasteiger partial charge in [0.05, 0.1) is 0 Å². The smallest absolute Gasteiger partial charge is 0.298 e. The van der Waals surface area contributed by atoms with Crippen LogP contribution in [0.2, 0.25) is 0 Å². The average molecular weight is 712 g/mol. The Morgan fingerprint density at radius 2 is 1.63 bits per heavy atom. The molecule has 286 valence electrons. The summed E-state index contributed by atoms with van der Waals surface area (Å²) in [6.45, 7) is 30.5. The van der Waals surface area contributed by atoms with Gasteiger partial charge in [0.25, 0.3) is 6.47 Å². The summed E-state index contributed by atoms with van der Waals surface area (Å²) in [6.07, 6.45) is 14.2. The van der Waals surface area contributed by atoms with Crippen molar-refractivity contribution >= 4 is 18.0 Å². The highest BCUT2D eigenvalue weighted by Gasteiger charge is 2.70. The fourth-order valence-electron chi connectivity index (χ4n) is 14.3. The Morgan fingerprint density at radius 1 is 0.923 bits per heavy atom. The molecule has 1 aliphatic heterocycles. The molecule has 5 aliphatic carbocycles. The monoisotopic (exact) mass is 712 g/mol. The van der Waals surface area contributed by atoms with E-state index in [2.05, 4.69) is 81.4 Å². The van der Waals surface area contributed by atoms with Crippen molar-refractivity contribution in [1.29, 1.82) is 0 Å². The minimum Gasteiger partial charge on any atom is -0.429 e. The number of nitrogens with one attached hydrogen (secondary N) is 1. The van der Waals surface area contributed by atoms with Gasteiger partial charge in [-0.3, -0.25) is 14.5 Å². The number of benzene rings is 1. The molecule has 1 aromatic rings. The number of carbonyl (C=O) groups excluding carboxylic acids is 2. The van der Waals surface area contributed by atoms with E-state index in [-0.39, 0.29) is 22.3 Å². The molecule has 5 fully saturated rings. The van der Waals surface area contributed by atoms with Crippen LogP contribution in [0.5, 0.6) is 5.75 Å². The van der Waals surface area contributed by atoms with Crippen LogP contribution in [0.25, 0.3) is 5.57 Å². The Balaban J connectivity index is 1.10. The molecular formula is C46H69N3O3. The Kier molecular flexibility index (Phi) is 9.97. The molecule has 6 heteroatoms. The first kappa shape index (κ1) is 37.9. The van der Waals surface area contributed by atoms with Gasteiger partial charge >= 0.3 is 0 Å². The van der Waals surface area contributed by atoms with E-state index in [9.17, 15) is 9.59 Å². The third kappa shape index (κ3) is 5.87. The Hall–Kier alpha value is -2.44. The predicted molar refractivity (Wildman–Crippen MR) is 212 cm³/mol. The van der Waals surface area contributed by atoms with Gasteiger partial charge in [0.2, 0.25) is 5.91 Å². The van der Waals surface area contributed by atoms with Gasteiger partial charge in [0, 0.05) is 50.7 Å². The van der Waals surface area contributed by atoms with E-state index in [0.717, 1.165) is 51.6 Å². The molecule has 1 saturated heterocycles. The number of hydrogen-bond acceptors (Lipinski definition) is 5. The van der Waals surface area contributed by atoms with Crippen LogP contribution in [0.15, 0.2) is 42.5 Å². The largest absolute Gasteiger partial charge is 0.429 e. The molecule has 0 bridgehead atoms. The number of carbonyl (C=O) groups is 2. The average Bonchev–Trinajstić information content (AvgIpc) is 3.49. The van der Waals surface area contributed by atoms with Gasteiger partial charge in [0.15, 0.2) is 0 Å². The summed E-state index contributed by atoms with van der Waals surface area (Å²) < 4.78 is 5.12. The first-order chi connectivity index (χ1) is 24.6. The molecule has 0 spiro atoms. The molecule has 9 atom stereocenters. The molecule has 1 heterocycles. The lowest BCUT2D eigenvalue weighted by Crippen LogP contribution is -2.68. The van der Waals surface area contributed by atoms with E-state index in [1.54, 1.807) is 0 Å². The van der Waals surface area contributed by atoms with Gasteiger partial charge in [-0.25, -0.2) is 0 Å². The first-order valence-corrected chi connectivity index (χ1v) is 20.9. The number of amides is 1. The van der Waals surface area contributed by atoms with E-state index >= 15 is 0 Å². The quantitative estimate of drug-likeness (QED) is 0.205. The van der Waals surface area contributed by atoms with Gasteiger partial charge < -0.3 is 15.0 Å². The van der Waals surface area contributed by atoms with Gasteiger partial charge in [-0.1, -0.05) is 78.8 Å². The van der Waals surface area contributed by atoms with E-state index in [0.29, 0.717) is 52.6 Å². The highest BCUT2D eigenvalue weighted by molar-refractivity contribution is 5.78. The molecular weight excluding hydrogens is 643 g/mol. The van der Waals surface area contributed by atoms with Crippen LogP contribution in [0, 0.1) is 57.2 Å². The van der Waals surface area contributed by atoms with E-state index in [1.165, 1.54) is 68.1 Å². The van der Waals surface area contributed by atoms with E-state index < -0.39 is 0 Å². The second-order valence-electron chi connectivity index (χ2n) is 19.9. The van der Waals surface area contributed by atoms with Gasteiger partial charge in [-0.05, 0) is 139 Å². The predicted octanol–water partition coefficient (Wildman–Crippen LogP) is 9.01. The second-order valence-corrected chi connectivity index (χ2v) is 19.9. The summed E-state index contributed by atoms with van der Waals surface area (Å²) in [7, 11) is 0. The SMILES string of the molecule is C=C(C)[C@@H]1CC[C@]2(NCCN3CCN(C(=O)C(C)C)CC3)CC[C@]3(C)[C@H](CC[C@@H]4[C@@]5(C)CC=C(c6ccc(OC=O)cc6)C(C)(C)[C@@H]5CC[C@]43C)[C@@H]12. The minimum absolute atomic E-state index is 0.0673. The van der Waals surface area contributed by atoms with Crippen LogP contribution < -0.4 is 10.1 Å². The molecule has 0 unspecified atom stereocenters. The van der Waals surface area contributed by atoms with Crippen molar-refractivity contribution < 1.29 is 14.3 Å². The van der Waals surface area contributed by atoms with Crippen LogP contribution in [0.4, 0.5) is 0 Å². The van der Waals surface area contributed by atoms with Crippen molar-refractivity contribution in [2.75, 3.05) is 39.3 Å². The second kappa shape index (κ2) is 13.7. The van der Waals surface area contributed by atoms with Gasteiger partial charge in [0.1, 0.15) is 5.75 Å². The van der Waals surface area contributed by atoms with Crippen molar-refractivity contribution in [3.05, 3.63) is 48.1 Å². The Labute approximate surface area is 315 Å². The molecule has 0 radical (unpaired) electrons. The summed E-state index contributed by atoms with van der Waals surface area (Å²) in [5, 5.41) is 4.31. The number of piperazine rings is 1. The molecule has 7 rings (SSSR count). The van der Waals surface area contributed by atoms with Crippen molar-refractivity contribution in [2.24, 2.45) is 57.2 Å². The number of ether oxygens (including phenoxy) is 1. The van der Waals surface area contributed by atoms with Crippen molar-refractivity contribution in [1.82, 2.24) is 15.1 Å². The highest BCUT2D eigenvalue weighted by atomic mass is 16.5. The lowest BCUT2D eigenvalue weighted by Gasteiger charge is -2.72. The molecule has 52 heavy (non-hydrogen) atoms. The molecule has 6 nitrogen and oxygen atoms in total. The highest BCUT2D eigenvalue weighted by Crippen LogP contribution is 2.76.